The van der Waals surface area contributed by atoms with Crippen LogP contribution in [0.25, 0.3) is 10.2 Å². The normalized spacial score (nSPS) is 18.3. The van der Waals surface area contributed by atoms with Crippen LogP contribution in [0.4, 0.5) is 5.13 Å². The number of piperidine rings is 1. The maximum atomic E-state index is 13.9. The van der Waals surface area contributed by atoms with Crippen molar-refractivity contribution in [3.63, 3.8) is 0 Å². The van der Waals surface area contributed by atoms with E-state index in [1.807, 2.05) is 6.07 Å². The summed E-state index contributed by atoms with van der Waals surface area (Å²) in [6.07, 6.45) is 4.37. The van der Waals surface area contributed by atoms with Crippen molar-refractivity contribution >= 4 is 54.2 Å². The molecule has 1 aliphatic rings. The standard InChI is InChI=1S/C28H29ClN4O4S2/c1-18-13-19(2)16-32(15-18)39(35,36)22-8-6-21(7-9-22)27(34)33(17-20-5-4-12-30-14-20)28-31-25-24(37-3)11-10-23(29)26(25)38-28/h4-12,14,18-19H,13,15-17H2,1-3H3. The third kappa shape index (κ3) is 5.65. The molecule has 2 aromatic heterocycles. The Morgan fingerprint density at radius 2 is 1.85 bits per heavy atom. The van der Waals surface area contributed by atoms with Gasteiger partial charge in [0.1, 0.15) is 11.3 Å². The molecule has 11 heteroatoms. The van der Waals surface area contributed by atoms with Gasteiger partial charge in [-0.1, -0.05) is 42.9 Å². The van der Waals surface area contributed by atoms with Gasteiger partial charge in [-0.25, -0.2) is 13.4 Å². The highest BCUT2D eigenvalue weighted by atomic mass is 35.5. The van der Waals surface area contributed by atoms with Crippen molar-refractivity contribution in [3.05, 3.63) is 77.1 Å². The van der Waals surface area contributed by atoms with Gasteiger partial charge >= 0.3 is 0 Å². The van der Waals surface area contributed by atoms with Gasteiger partial charge in [0.2, 0.25) is 10.0 Å². The number of anilines is 1. The zero-order chi connectivity index (χ0) is 27.7. The van der Waals surface area contributed by atoms with Crippen molar-refractivity contribution in [2.24, 2.45) is 11.8 Å². The van der Waals surface area contributed by atoms with E-state index in [1.165, 1.54) is 23.5 Å². The molecular weight excluding hydrogens is 556 g/mol. The Morgan fingerprint density at radius 1 is 1.13 bits per heavy atom. The van der Waals surface area contributed by atoms with Gasteiger partial charge in [0.25, 0.3) is 5.91 Å². The number of amides is 1. The molecule has 0 spiro atoms. The Morgan fingerprint density at radius 3 is 2.49 bits per heavy atom. The van der Waals surface area contributed by atoms with E-state index >= 15 is 0 Å². The molecule has 0 bridgehead atoms. The number of benzene rings is 2. The number of ether oxygens (including phenoxy) is 1. The largest absolute Gasteiger partial charge is 0.494 e. The van der Waals surface area contributed by atoms with Gasteiger partial charge in [0, 0.05) is 31.0 Å². The monoisotopic (exact) mass is 584 g/mol. The molecule has 5 rings (SSSR count). The van der Waals surface area contributed by atoms with Gasteiger partial charge < -0.3 is 4.74 Å². The van der Waals surface area contributed by atoms with Crippen molar-refractivity contribution in [1.29, 1.82) is 0 Å². The van der Waals surface area contributed by atoms with E-state index in [9.17, 15) is 13.2 Å². The van der Waals surface area contributed by atoms with Crippen LogP contribution in [0.15, 0.2) is 65.8 Å². The lowest BCUT2D eigenvalue weighted by atomic mass is 9.94. The number of methoxy groups -OCH3 is 1. The lowest BCUT2D eigenvalue weighted by Gasteiger charge is -2.34. The molecule has 204 valence electrons. The SMILES string of the molecule is COc1ccc(Cl)c2sc(N(Cc3cccnc3)C(=O)c3ccc(S(=O)(=O)N4CC(C)CC(C)C4)cc3)nc12. The van der Waals surface area contributed by atoms with Crippen LogP contribution >= 0.6 is 22.9 Å². The predicted molar refractivity (Wildman–Crippen MR) is 154 cm³/mol. The molecule has 1 amide bonds. The van der Waals surface area contributed by atoms with Gasteiger partial charge in [-0.2, -0.15) is 4.31 Å². The van der Waals surface area contributed by atoms with Crippen molar-refractivity contribution in [1.82, 2.24) is 14.3 Å². The number of nitrogens with zero attached hydrogens (tertiary/aromatic N) is 4. The number of hydrogen-bond acceptors (Lipinski definition) is 7. The summed E-state index contributed by atoms with van der Waals surface area (Å²) in [4.78, 5) is 24.5. The molecule has 0 aliphatic carbocycles. The average Bonchev–Trinajstić information content (AvgIpc) is 3.38. The summed E-state index contributed by atoms with van der Waals surface area (Å²) >= 11 is 7.73. The van der Waals surface area contributed by atoms with E-state index in [0.29, 0.717) is 56.6 Å². The van der Waals surface area contributed by atoms with Crippen LogP contribution in [0.3, 0.4) is 0 Å². The topological polar surface area (TPSA) is 92.7 Å². The van der Waals surface area contributed by atoms with Crippen molar-refractivity contribution in [2.75, 3.05) is 25.1 Å². The number of halogens is 1. The number of sulfonamides is 1. The van der Waals surface area contributed by atoms with Crippen LogP contribution < -0.4 is 9.64 Å². The second kappa shape index (κ2) is 11.2. The molecule has 0 radical (unpaired) electrons. The quantitative estimate of drug-likeness (QED) is 0.270. The summed E-state index contributed by atoms with van der Waals surface area (Å²) in [5.74, 6) is 0.830. The van der Waals surface area contributed by atoms with E-state index in [-0.39, 0.29) is 17.3 Å². The lowest BCUT2D eigenvalue weighted by Crippen LogP contribution is -2.42. The molecule has 1 fully saturated rings. The van der Waals surface area contributed by atoms with Gasteiger partial charge in [0.15, 0.2) is 5.13 Å². The summed E-state index contributed by atoms with van der Waals surface area (Å²) in [6, 6.07) is 13.3. The second-order valence-electron chi connectivity index (χ2n) is 9.97. The minimum atomic E-state index is -3.66. The molecule has 1 aliphatic heterocycles. The molecule has 0 N–H and O–H groups in total. The summed E-state index contributed by atoms with van der Waals surface area (Å²) < 4.78 is 34.4. The Hall–Kier alpha value is -3.05. The zero-order valence-corrected chi connectivity index (χ0v) is 24.3. The first kappa shape index (κ1) is 27.5. The Labute approximate surface area is 237 Å². The first-order chi connectivity index (χ1) is 18.7. The molecule has 4 aromatic rings. The molecule has 8 nitrogen and oxygen atoms in total. The highest BCUT2D eigenvalue weighted by Gasteiger charge is 2.32. The first-order valence-electron chi connectivity index (χ1n) is 12.6. The van der Waals surface area contributed by atoms with Gasteiger partial charge in [-0.15, -0.1) is 0 Å². The molecule has 2 atom stereocenters. The first-order valence-corrected chi connectivity index (χ1v) is 15.2. The van der Waals surface area contributed by atoms with Gasteiger partial charge in [-0.05, 0) is 66.3 Å². The molecule has 2 aromatic carbocycles. The highest BCUT2D eigenvalue weighted by Crippen LogP contribution is 2.39. The summed E-state index contributed by atoms with van der Waals surface area (Å²) in [5, 5.41) is 0.956. The van der Waals surface area contributed by atoms with Crippen LogP contribution in [-0.4, -0.2) is 48.8 Å². The third-order valence-electron chi connectivity index (χ3n) is 6.78. The number of carbonyl (C=O) groups excluding carboxylic acids is 1. The predicted octanol–water partition coefficient (Wildman–Crippen LogP) is 5.87. The fourth-order valence-electron chi connectivity index (χ4n) is 5.00. The van der Waals surface area contributed by atoms with Crippen molar-refractivity contribution < 1.29 is 17.9 Å². The van der Waals surface area contributed by atoms with E-state index in [2.05, 4.69) is 18.8 Å². The number of aromatic nitrogens is 2. The number of rotatable bonds is 7. The summed E-state index contributed by atoms with van der Waals surface area (Å²) in [6.45, 7) is 5.35. The van der Waals surface area contributed by atoms with Crippen LogP contribution in [0, 0.1) is 11.8 Å². The van der Waals surface area contributed by atoms with Crippen LogP contribution in [-0.2, 0) is 16.6 Å². The summed E-state index contributed by atoms with van der Waals surface area (Å²) in [7, 11) is -2.10. The molecule has 1 saturated heterocycles. The molecule has 39 heavy (non-hydrogen) atoms. The third-order valence-corrected chi connectivity index (χ3v) is 10.2. The molecular formula is C28H29ClN4O4S2. The Kier molecular flexibility index (Phi) is 7.91. The number of thiazole rings is 1. The maximum Gasteiger partial charge on any atom is 0.260 e. The van der Waals surface area contributed by atoms with Crippen LogP contribution in [0.2, 0.25) is 5.02 Å². The van der Waals surface area contributed by atoms with Crippen LogP contribution in [0.5, 0.6) is 5.75 Å². The lowest BCUT2D eigenvalue weighted by molar-refractivity contribution is 0.0985. The number of pyridine rings is 1. The number of carbonyl (C=O) groups is 1. The fourth-order valence-corrected chi connectivity index (χ4v) is 7.93. The zero-order valence-electron chi connectivity index (χ0n) is 21.9. The van der Waals surface area contributed by atoms with E-state index in [4.69, 9.17) is 21.3 Å². The Bertz CT molecular complexity index is 1580. The average molecular weight is 585 g/mol. The fraction of sp³-hybridized carbons (Fsp3) is 0.321. The van der Waals surface area contributed by atoms with Crippen LogP contribution in [0.1, 0.15) is 36.2 Å². The van der Waals surface area contributed by atoms with Crippen molar-refractivity contribution in [2.45, 2.75) is 31.7 Å². The smallest absolute Gasteiger partial charge is 0.260 e. The summed E-state index contributed by atoms with van der Waals surface area (Å²) in [5.41, 5.74) is 1.73. The van der Waals surface area contributed by atoms with E-state index in [0.717, 1.165) is 12.0 Å². The number of hydrogen-bond donors (Lipinski definition) is 0. The van der Waals surface area contributed by atoms with E-state index in [1.54, 1.807) is 59.0 Å². The minimum Gasteiger partial charge on any atom is -0.494 e. The Balaban J connectivity index is 1.49. The maximum absolute atomic E-state index is 13.9. The second-order valence-corrected chi connectivity index (χ2v) is 13.3. The molecule has 3 heterocycles. The number of fused-ring (bicyclic) bond motifs is 1. The molecule has 2 unspecified atom stereocenters. The van der Waals surface area contributed by atoms with E-state index < -0.39 is 10.0 Å². The van der Waals surface area contributed by atoms with Gasteiger partial charge in [-0.3, -0.25) is 14.7 Å². The highest BCUT2D eigenvalue weighted by molar-refractivity contribution is 7.89. The van der Waals surface area contributed by atoms with Crippen molar-refractivity contribution in [3.8, 4) is 5.75 Å². The minimum absolute atomic E-state index is 0.177. The molecule has 0 saturated carbocycles. The van der Waals surface area contributed by atoms with Gasteiger partial charge in [0.05, 0.1) is 28.3 Å².